The molecule has 1 aliphatic heterocycles. The first-order valence-corrected chi connectivity index (χ1v) is 10.1. The molecule has 2 atom stereocenters. The summed E-state index contributed by atoms with van der Waals surface area (Å²) in [5.41, 5.74) is 0. The lowest BCUT2D eigenvalue weighted by Crippen LogP contribution is -2.52. The molecule has 8 nitrogen and oxygen atoms in total. The molecule has 1 amide bonds. The Morgan fingerprint density at radius 3 is 2.62 bits per heavy atom. The Bertz CT molecular complexity index is 536. The second-order valence-corrected chi connectivity index (χ2v) is 8.25. The number of amides is 1. The van der Waals surface area contributed by atoms with E-state index in [-0.39, 0.29) is 24.9 Å². The molecule has 0 bridgehead atoms. The molecule has 0 saturated carbocycles. The molecule has 9 heteroatoms. The standard InChI is InChI=1S/C15H28N2O6S/c1-4-5-6-12(2)15(20)16-7-8-23-13(9-16)10-17(11-14(18)19)24(3,21)22/h12-13H,4-11H2,1-3H3,(H,18,19). The smallest absolute Gasteiger partial charge is 0.318 e. The molecule has 0 aliphatic carbocycles. The van der Waals surface area contributed by atoms with Crippen molar-refractivity contribution in [3.63, 3.8) is 0 Å². The van der Waals surface area contributed by atoms with Crippen LogP contribution >= 0.6 is 0 Å². The van der Waals surface area contributed by atoms with Gasteiger partial charge >= 0.3 is 5.97 Å². The Morgan fingerprint density at radius 1 is 1.42 bits per heavy atom. The first-order chi connectivity index (χ1) is 11.1. The summed E-state index contributed by atoms with van der Waals surface area (Å²) < 4.78 is 29.8. The molecule has 1 saturated heterocycles. The quantitative estimate of drug-likeness (QED) is 0.634. The number of ether oxygens (including phenoxy) is 1. The van der Waals surface area contributed by atoms with E-state index in [1.165, 1.54) is 0 Å². The van der Waals surface area contributed by atoms with E-state index in [1.54, 1.807) is 4.90 Å². The molecule has 2 unspecified atom stereocenters. The number of nitrogens with zero attached hydrogens (tertiary/aromatic N) is 2. The van der Waals surface area contributed by atoms with Crippen LogP contribution in [0.1, 0.15) is 33.1 Å². The summed E-state index contributed by atoms with van der Waals surface area (Å²) in [6.07, 6.45) is 3.29. The van der Waals surface area contributed by atoms with Crippen molar-refractivity contribution in [3.8, 4) is 0 Å². The van der Waals surface area contributed by atoms with Gasteiger partial charge in [0.05, 0.1) is 19.0 Å². The number of morpholine rings is 1. The van der Waals surface area contributed by atoms with Gasteiger partial charge in [0.2, 0.25) is 15.9 Å². The lowest BCUT2D eigenvalue weighted by molar-refractivity contribution is -0.144. The van der Waals surface area contributed by atoms with Gasteiger partial charge in [0.15, 0.2) is 0 Å². The van der Waals surface area contributed by atoms with Gasteiger partial charge < -0.3 is 14.7 Å². The van der Waals surface area contributed by atoms with Gasteiger partial charge in [0.1, 0.15) is 6.54 Å². The van der Waals surface area contributed by atoms with E-state index in [9.17, 15) is 18.0 Å². The topological polar surface area (TPSA) is 104 Å². The maximum Gasteiger partial charge on any atom is 0.318 e. The van der Waals surface area contributed by atoms with E-state index in [0.717, 1.165) is 29.8 Å². The maximum atomic E-state index is 12.5. The average Bonchev–Trinajstić information content (AvgIpc) is 2.50. The van der Waals surface area contributed by atoms with Crippen LogP contribution in [0.15, 0.2) is 0 Å². The zero-order valence-electron chi connectivity index (χ0n) is 14.6. The van der Waals surface area contributed by atoms with E-state index in [2.05, 4.69) is 6.92 Å². The van der Waals surface area contributed by atoms with Gasteiger partial charge in [-0.05, 0) is 6.42 Å². The largest absolute Gasteiger partial charge is 0.480 e. The normalized spacial score (nSPS) is 20.2. The highest BCUT2D eigenvalue weighted by Gasteiger charge is 2.31. The molecular formula is C15H28N2O6S. The van der Waals surface area contributed by atoms with E-state index in [0.29, 0.717) is 13.2 Å². The summed E-state index contributed by atoms with van der Waals surface area (Å²) in [5, 5.41) is 8.86. The van der Waals surface area contributed by atoms with E-state index in [4.69, 9.17) is 9.84 Å². The van der Waals surface area contributed by atoms with Gasteiger partial charge in [0.25, 0.3) is 0 Å². The van der Waals surface area contributed by atoms with Crippen LogP contribution in [-0.4, -0.2) is 79.8 Å². The van der Waals surface area contributed by atoms with Crippen molar-refractivity contribution in [1.29, 1.82) is 0 Å². The first-order valence-electron chi connectivity index (χ1n) is 8.22. The summed E-state index contributed by atoms with van der Waals surface area (Å²) in [6, 6.07) is 0. The fourth-order valence-corrected chi connectivity index (χ4v) is 3.45. The Morgan fingerprint density at radius 2 is 2.08 bits per heavy atom. The van der Waals surface area contributed by atoms with Crippen molar-refractivity contribution in [2.75, 3.05) is 39.0 Å². The number of carboxylic acids is 1. The van der Waals surface area contributed by atoms with Gasteiger partial charge in [-0.3, -0.25) is 9.59 Å². The lowest BCUT2D eigenvalue weighted by Gasteiger charge is -2.36. The van der Waals surface area contributed by atoms with Crippen molar-refractivity contribution in [2.24, 2.45) is 5.92 Å². The third-order valence-electron chi connectivity index (χ3n) is 4.05. The van der Waals surface area contributed by atoms with Gasteiger partial charge in [-0.15, -0.1) is 0 Å². The van der Waals surface area contributed by atoms with E-state index in [1.807, 2.05) is 6.92 Å². The summed E-state index contributed by atoms with van der Waals surface area (Å²) in [7, 11) is -3.66. The number of carbonyl (C=O) groups excluding carboxylic acids is 1. The van der Waals surface area contributed by atoms with Gasteiger partial charge in [-0.25, -0.2) is 8.42 Å². The molecule has 0 spiro atoms. The third kappa shape index (κ3) is 6.74. The molecule has 0 aromatic rings. The van der Waals surface area contributed by atoms with Crippen LogP contribution in [0, 0.1) is 5.92 Å². The molecule has 1 fully saturated rings. The second-order valence-electron chi connectivity index (χ2n) is 6.27. The summed E-state index contributed by atoms with van der Waals surface area (Å²) >= 11 is 0. The fraction of sp³-hybridized carbons (Fsp3) is 0.867. The summed E-state index contributed by atoms with van der Waals surface area (Å²) in [6.45, 7) is 4.36. The molecule has 1 N–H and O–H groups in total. The van der Waals surface area contributed by atoms with Crippen LogP contribution in [0.3, 0.4) is 0 Å². The predicted molar refractivity (Wildman–Crippen MR) is 89.1 cm³/mol. The summed E-state index contributed by atoms with van der Waals surface area (Å²) in [4.78, 5) is 25.0. The number of carboxylic acid groups (broad SMARTS) is 1. The highest BCUT2D eigenvalue weighted by Crippen LogP contribution is 2.15. The van der Waals surface area contributed by atoms with Crippen LogP contribution in [-0.2, 0) is 24.3 Å². The lowest BCUT2D eigenvalue weighted by atomic mass is 10.0. The first kappa shape index (κ1) is 20.9. The van der Waals surface area contributed by atoms with Crippen LogP contribution in [0.4, 0.5) is 0 Å². The van der Waals surface area contributed by atoms with Gasteiger partial charge in [0, 0.05) is 25.6 Å². The number of rotatable bonds is 9. The minimum atomic E-state index is -3.66. The van der Waals surface area contributed by atoms with Crippen molar-refractivity contribution in [1.82, 2.24) is 9.21 Å². The molecule has 0 radical (unpaired) electrons. The fourth-order valence-electron chi connectivity index (χ4n) is 2.67. The monoisotopic (exact) mass is 364 g/mol. The molecule has 1 rings (SSSR count). The SMILES string of the molecule is CCCCC(C)C(=O)N1CCOC(CN(CC(=O)O)S(C)(=O)=O)C1. The zero-order chi connectivity index (χ0) is 18.3. The van der Waals surface area contributed by atoms with Gasteiger partial charge in [-0.2, -0.15) is 4.31 Å². The molecule has 140 valence electrons. The number of aliphatic carboxylic acids is 1. The minimum absolute atomic E-state index is 0.0425. The van der Waals surface area contributed by atoms with Crippen LogP contribution < -0.4 is 0 Å². The molecule has 1 aliphatic rings. The highest BCUT2D eigenvalue weighted by atomic mass is 32.2. The number of carbonyl (C=O) groups is 2. The Labute approximate surface area is 143 Å². The number of unbranched alkanes of at least 4 members (excludes halogenated alkanes) is 1. The third-order valence-corrected chi connectivity index (χ3v) is 5.27. The minimum Gasteiger partial charge on any atom is -0.480 e. The van der Waals surface area contributed by atoms with Gasteiger partial charge in [-0.1, -0.05) is 26.7 Å². The van der Waals surface area contributed by atoms with Crippen molar-refractivity contribution >= 4 is 21.9 Å². The maximum absolute atomic E-state index is 12.5. The Kier molecular flexibility index (Phi) is 8.11. The molecule has 1 heterocycles. The number of sulfonamides is 1. The van der Waals surface area contributed by atoms with Crippen LogP contribution in [0.25, 0.3) is 0 Å². The number of hydrogen-bond acceptors (Lipinski definition) is 5. The molecule has 0 aromatic carbocycles. The molecule has 0 aromatic heterocycles. The molecular weight excluding hydrogens is 336 g/mol. The second kappa shape index (κ2) is 9.33. The average molecular weight is 364 g/mol. The number of hydrogen-bond donors (Lipinski definition) is 1. The van der Waals surface area contributed by atoms with Crippen molar-refractivity contribution in [2.45, 2.75) is 39.2 Å². The Balaban J connectivity index is 2.67. The summed E-state index contributed by atoms with van der Waals surface area (Å²) in [5.74, 6) is -1.26. The van der Waals surface area contributed by atoms with Crippen molar-refractivity contribution in [3.05, 3.63) is 0 Å². The van der Waals surface area contributed by atoms with Crippen LogP contribution in [0.5, 0.6) is 0 Å². The van der Waals surface area contributed by atoms with E-state index >= 15 is 0 Å². The van der Waals surface area contributed by atoms with Crippen LogP contribution in [0.2, 0.25) is 0 Å². The molecule has 24 heavy (non-hydrogen) atoms. The highest BCUT2D eigenvalue weighted by molar-refractivity contribution is 7.88. The zero-order valence-corrected chi connectivity index (χ0v) is 15.4. The van der Waals surface area contributed by atoms with Crippen molar-refractivity contribution < 1.29 is 27.9 Å². The Hall–Kier alpha value is -1.19. The van der Waals surface area contributed by atoms with E-state index < -0.39 is 28.6 Å². The predicted octanol–water partition coefficient (Wildman–Crippen LogP) is 0.386.